The molecular weight excluding hydrogens is 208 g/mol. The molecule has 0 rings (SSSR count). The van der Waals surface area contributed by atoms with Crippen LogP contribution in [-0.2, 0) is 9.59 Å². The number of amides is 1. The number of carboxylic acid groups (broad SMARTS) is 1. The van der Waals surface area contributed by atoms with Gasteiger partial charge in [0, 0.05) is 0 Å². The van der Waals surface area contributed by atoms with Crippen LogP contribution in [-0.4, -0.2) is 29.1 Å². The van der Waals surface area contributed by atoms with Gasteiger partial charge in [0.15, 0.2) is 0 Å². The fourth-order valence-electron chi connectivity index (χ4n) is 1.34. The molecule has 94 valence electrons. The molecule has 2 atom stereocenters. The highest BCUT2D eigenvalue weighted by atomic mass is 16.4. The molecule has 0 aliphatic rings. The second-order valence-electron chi connectivity index (χ2n) is 5.04. The van der Waals surface area contributed by atoms with E-state index in [1.54, 1.807) is 20.8 Å². The standard InChI is InChI=1S/C11H22N2O3/c1-5-6-7(12)9(14)13-8(10(15)16)11(2,3)4/h7-8H,5-6,12H2,1-4H3,(H,13,14)(H,15,16)/t7-,8?/m1/s1. The summed E-state index contributed by atoms with van der Waals surface area (Å²) in [4.78, 5) is 22.6. The minimum Gasteiger partial charge on any atom is -0.480 e. The van der Waals surface area contributed by atoms with Crippen LogP contribution in [0.15, 0.2) is 0 Å². The highest BCUT2D eigenvalue weighted by Gasteiger charge is 2.33. The van der Waals surface area contributed by atoms with Crippen molar-refractivity contribution in [2.24, 2.45) is 11.1 Å². The number of hydrogen-bond acceptors (Lipinski definition) is 3. The highest BCUT2D eigenvalue weighted by Crippen LogP contribution is 2.19. The normalized spacial score (nSPS) is 15.3. The molecule has 0 saturated carbocycles. The number of rotatable bonds is 5. The number of nitrogens with two attached hydrogens (primary N) is 1. The Morgan fingerprint density at radius 3 is 2.19 bits per heavy atom. The molecule has 0 spiro atoms. The first-order valence-corrected chi connectivity index (χ1v) is 5.49. The molecule has 1 unspecified atom stereocenters. The van der Waals surface area contributed by atoms with Crippen LogP contribution in [0, 0.1) is 5.41 Å². The van der Waals surface area contributed by atoms with Gasteiger partial charge in [-0.15, -0.1) is 0 Å². The lowest BCUT2D eigenvalue weighted by Gasteiger charge is -2.28. The molecule has 0 aromatic heterocycles. The number of carbonyl (C=O) groups excluding carboxylic acids is 1. The topological polar surface area (TPSA) is 92.4 Å². The lowest BCUT2D eigenvalue weighted by molar-refractivity contribution is -0.145. The fraction of sp³-hybridized carbons (Fsp3) is 0.818. The SMILES string of the molecule is CCC[C@@H](N)C(=O)NC(C(=O)O)C(C)(C)C. The van der Waals surface area contributed by atoms with E-state index in [-0.39, 0.29) is 0 Å². The van der Waals surface area contributed by atoms with Gasteiger partial charge in [-0.2, -0.15) is 0 Å². The monoisotopic (exact) mass is 230 g/mol. The van der Waals surface area contributed by atoms with Gasteiger partial charge in [-0.3, -0.25) is 4.79 Å². The van der Waals surface area contributed by atoms with Gasteiger partial charge in [-0.1, -0.05) is 34.1 Å². The summed E-state index contributed by atoms with van der Waals surface area (Å²) in [6.07, 6.45) is 1.35. The summed E-state index contributed by atoms with van der Waals surface area (Å²) in [6.45, 7) is 7.21. The third-order valence-corrected chi connectivity index (χ3v) is 2.34. The third-order valence-electron chi connectivity index (χ3n) is 2.34. The van der Waals surface area contributed by atoms with Crippen molar-refractivity contribution in [2.45, 2.75) is 52.6 Å². The molecule has 16 heavy (non-hydrogen) atoms. The summed E-state index contributed by atoms with van der Waals surface area (Å²) in [5.41, 5.74) is 5.08. The Bertz CT molecular complexity index is 258. The Morgan fingerprint density at radius 2 is 1.88 bits per heavy atom. The second kappa shape index (κ2) is 5.84. The third kappa shape index (κ3) is 4.61. The van der Waals surface area contributed by atoms with Crippen molar-refractivity contribution in [1.82, 2.24) is 5.32 Å². The maximum atomic E-state index is 11.6. The van der Waals surface area contributed by atoms with E-state index in [4.69, 9.17) is 10.8 Å². The van der Waals surface area contributed by atoms with Crippen molar-refractivity contribution >= 4 is 11.9 Å². The Kier molecular flexibility index (Phi) is 5.44. The van der Waals surface area contributed by atoms with Crippen molar-refractivity contribution in [3.05, 3.63) is 0 Å². The van der Waals surface area contributed by atoms with Crippen LogP contribution >= 0.6 is 0 Å². The minimum atomic E-state index is -1.04. The number of hydrogen-bond donors (Lipinski definition) is 3. The van der Waals surface area contributed by atoms with Gasteiger partial charge in [0.2, 0.25) is 5.91 Å². The molecule has 0 fully saturated rings. The molecule has 0 aromatic carbocycles. The van der Waals surface area contributed by atoms with Crippen LogP contribution in [0.5, 0.6) is 0 Å². The van der Waals surface area contributed by atoms with Gasteiger partial charge in [-0.05, 0) is 11.8 Å². The van der Waals surface area contributed by atoms with Crippen LogP contribution in [0.4, 0.5) is 0 Å². The van der Waals surface area contributed by atoms with Crippen molar-refractivity contribution < 1.29 is 14.7 Å². The largest absolute Gasteiger partial charge is 0.480 e. The Labute approximate surface area is 96.4 Å². The summed E-state index contributed by atoms with van der Waals surface area (Å²) in [6, 6.07) is -1.54. The average Bonchev–Trinajstić information content (AvgIpc) is 2.11. The van der Waals surface area contributed by atoms with E-state index in [9.17, 15) is 9.59 Å². The number of carboxylic acids is 1. The summed E-state index contributed by atoms with van der Waals surface area (Å²) >= 11 is 0. The maximum Gasteiger partial charge on any atom is 0.326 e. The van der Waals surface area contributed by atoms with E-state index in [1.165, 1.54) is 0 Å². The molecular formula is C11H22N2O3. The van der Waals surface area contributed by atoms with Crippen LogP contribution < -0.4 is 11.1 Å². The number of aliphatic carboxylic acids is 1. The smallest absolute Gasteiger partial charge is 0.326 e. The van der Waals surface area contributed by atoms with Crippen molar-refractivity contribution in [2.75, 3.05) is 0 Å². The van der Waals surface area contributed by atoms with Gasteiger partial charge in [-0.25, -0.2) is 4.79 Å². The molecule has 5 heteroatoms. The van der Waals surface area contributed by atoms with Crippen LogP contribution in [0.1, 0.15) is 40.5 Å². The zero-order chi connectivity index (χ0) is 12.9. The Balaban J connectivity index is 4.54. The zero-order valence-corrected chi connectivity index (χ0v) is 10.4. The molecule has 1 amide bonds. The molecule has 0 bridgehead atoms. The van der Waals surface area contributed by atoms with Gasteiger partial charge in [0.25, 0.3) is 0 Å². The Morgan fingerprint density at radius 1 is 1.38 bits per heavy atom. The minimum absolute atomic E-state index is 0.399. The summed E-state index contributed by atoms with van der Waals surface area (Å²) in [7, 11) is 0. The maximum absolute atomic E-state index is 11.6. The lowest BCUT2D eigenvalue weighted by atomic mass is 9.86. The van der Waals surface area contributed by atoms with Gasteiger partial charge in [0.1, 0.15) is 6.04 Å². The van der Waals surface area contributed by atoms with E-state index in [0.717, 1.165) is 6.42 Å². The summed E-state index contributed by atoms with van der Waals surface area (Å²) in [5, 5.41) is 11.5. The van der Waals surface area contributed by atoms with Crippen LogP contribution in [0.3, 0.4) is 0 Å². The van der Waals surface area contributed by atoms with E-state index < -0.39 is 29.4 Å². The zero-order valence-electron chi connectivity index (χ0n) is 10.4. The van der Waals surface area contributed by atoms with Crippen molar-refractivity contribution in [1.29, 1.82) is 0 Å². The predicted octanol–water partition coefficient (Wildman–Crippen LogP) is 0.729. The molecule has 0 saturated heterocycles. The van der Waals surface area contributed by atoms with Crippen LogP contribution in [0.25, 0.3) is 0 Å². The summed E-state index contributed by atoms with van der Waals surface area (Å²) < 4.78 is 0. The van der Waals surface area contributed by atoms with E-state index >= 15 is 0 Å². The molecule has 0 aliphatic heterocycles. The number of carbonyl (C=O) groups is 2. The first-order valence-electron chi connectivity index (χ1n) is 5.49. The first kappa shape index (κ1) is 14.9. The molecule has 4 N–H and O–H groups in total. The molecule has 0 heterocycles. The lowest BCUT2D eigenvalue weighted by Crippen LogP contribution is -2.53. The predicted molar refractivity (Wildman–Crippen MR) is 61.9 cm³/mol. The van der Waals surface area contributed by atoms with Crippen molar-refractivity contribution in [3.8, 4) is 0 Å². The van der Waals surface area contributed by atoms with Crippen LogP contribution in [0.2, 0.25) is 0 Å². The quantitative estimate of drug-likeness (QED) is 0.649. The van der Waals surface area contributed by atoms with Gasteiger partial charge < -0.3 is 16.2 Å². The van der Waals surface area contributed by atoms with E-state index in [2.05, 4.69) is 5.32 Å². The van der Waals surface area contributed by atoms with Gasteiger partial charge >= 0.3 is 5.97 Å². The molecule has 0 aliphatic carbocycles. The average molecular weight is 230 g/mol. The number of nitrogens with one attached hydrogen (secondary N) is 1. The highest BCUT2D eigenvalue weighted by molar-refractivity contribution is 5.87. The molecule has 0 radical (unpaired) electrons. The Hall–Kier alpha value is -1.10. The van der Waals surface area contributed by atoms with E-state index in [1.807, 2.05) is 6.92 Å². The molecule has 0 aromatic rings. The fourth-order valence-corrected chi connectivity index (χ4v) is 1.34. The second-order valence-corrected chi connectivity index (χ2v) is 5.04. The van der Waals surface area contributed by atoms with Gasteiger partial charge in [0.05, 0.1) is 6.04 Å². The van der Waals surface area contributed by atoms with E-state index in [0.29, 0.717) is 6.42 Å². The summed E-state index contributed by atoms with van der Waals surface area (Å²) in [5.74, 6) is -1.44. The first-order chi connectivity index (χ1) is 7.20. The molecule has 5 nitrogen and oxygen atoms in total. The van der Waals surface area contributed by atoms with Crippen molar-refractivity contribution in [3.63, 3.8) is 0 Å².